The summed E-state index contributed by atoms with van der Waals surface area (Å²) in [6, 6.07) is 0. The van der Waals surface area contributed by atoms with Crippen LogP contribution in [0.1, 0.15) is 46.5 Å². The molecule has 18 heavy (non-hydrogen) atoms. The Morgan fingerprint density at radius 1 is 1.22 bits per heavy atom. The smallest absolute Gasteiger partial charge is 0.311 e. The van der Waals surface area contributed by atoms with E-state index >= 15 is 0 Å². The molecule has 0 spiro atoms. The van der Waals surface area contributed by atoms with Gasteiger partial charge in [0.1, 0.15) is 5.60 Å². The molecule has 2 rings (SSSR count). The van der Waals surface area contributed by atoms with E-state index in [1.807, 2.05) is 20.8 Å². The normalized spacial score (nSPS) is 30.9. The Morgan fingerprint density at radius 3 is 2.39 bits per heavy atom. The zero-order valence-electron chi connectivity index (χ0n) is 11.8. The molecule has 104 valence electrons. The molecule has 0 radical (unpaired) electrons. The third-order valence-electron chi connectivity index (χ3n) is 4.11. The van der Waals surface area contributed by atoms with E-state index in [9.17, 15) is 4.79 Å². The van der Waals surface area contributed by atoms with Crippen LogP contribution in [-0.4, -0.2) is 29.7 Å². The quantitative estimate of drug-likeness (QED) is 0.604. The van der Waals surface area contributed by atoms with Gasteiger partial charge in [-0.25, -0.2) is 5.01 Å². The number of esters is 1. The fourth-order valence-corrected chi connectivity index (χ4v) is 3.35. The molecule has 1 aliphatic carbocycles. The minimum absolute atomic E-state index is 0.0303. The summed E-state index contributed by atoms with van der Waals surface area (Å²) >= 11 is 0. The minimum Gasteiger partial charge on any atom is -0.460 e. The molecule has 2 atom stereocenters. The second kappa shape index (κ2) is 5.17. The Balaban J connectivity index is 2.02. The fraction of sp³-hybridized carbons (Fsp3) is 0.929. The van der Waals surface area contributed by atoms with Crippen LogP contribution >= 0.6 is 0 Å². The number of hydrogen-bond donors (Lipinski definition) is 1. The van der Waals surface area contributed by atoms with Crippen molar-refractivity contribution >= 4 is 5.97 Å². The zero-order valence-corrected chi connectivity index (χ0v) is 11.8. The highest BCUT2D eigenvalue weighted by molar-refractivity contribution is 5.74. The molecule has 0 amide bonds. The van der Waals surface area contributed by atoms with Gasteiger partial charge in [0.05, 0.1) is 5.92 Å². The minimum atomic E-state index is -0.403. The van der Waals surface area contributed by atoms with Crippen LogP contribution in [0.15, 0.2) is 0 Å². The van der Waals surface area contributed by atoms with Crippen molar-refractivity contribution in [2.75, 3.05) is 13.1 Å². The highest BCUT2D eigenvalue weighted by Gasteiger charge is 2.43. The van der Waals surface area contributed by atoms with E-state index in [0.717, 1.165) is 6.54 Å². The molecule has 1 aliphatic heterocycles. The predicted molar refractivity (Wildman–Crippen MR) is 70.5 cm³/mol. The Hall–Kier alpha value is -0.610. The van der Waals surface area contributed by atoms with Crippen molar-refractivity contribution in [2.24, 2.45) is 23.6 Å². The summed E-state index contributed by atoms with van der Waals surface area (Å²) in [4.78, 5) is 12.3. The Kier molecular flexibility index (Phi) is 3.97. The van der Waals surface area contributed by atoms with E-state index in [4.69, 9.17) is 10.6 Å². The van der Waals surface area contributed by atoms with Crippen LogP contribution < -0.4 is 5.84 Å². The predicted octanol–water partition coefficient (Wildman–Crippen LogP) is 1.94. The van der Waals surface area contributed by atoms with Gasteiger partial charge in [-0.2, -0.15) is 0 Å². The van der Waals surface area contributed by atoms with Gasteiger partial charge in [0.2, 0.25) is 0 Å². The first-order valence-electron chi connectivity index (χ1n) is 7.09. The molecule has 0 unspecified atom stereocenters. The number of nitrogens with zero attached hydrogens (tertiary/aromatic N) is 1. The number of nitrogens with two attached hydrogens (primary N) is 1. The van der Waals surface area contributed by atoms with Crippen molar-refractivity contribution in [3.05, 3.63) is 0 Å². The standard InChI is InChI=1S/C14H26N2O2/c1-14(2,3)18-13(17)12-9-16(15)8-11(12)10-6-4-5-7-10/h10-12H,4-9,15H2,1-3H3/t11-,12+/m0/s1. The summed E-state index contributed by atoms with van der Waals surface area (Å²) in [6.07, 6.45) is 5.09. The van der Waals surface area contributed by atoms with Crippen LogP contribution in [0.3, 0.4) is 0 Å². The van der Waals surface area contributed by atoms with Gasteiger partial charge in [-0.05, 0) is 32.6 Å². The van der Waals surface area contributed by atoms with Crippen LogP contribution in [0.25, 0.3) is 0 Å². The lowest BCUT2D eigenvalue weighted by molar-refractivity contribution is -0.161. The van der Waals surface area contributed by atoms with Crippen LogP contribution in [0, 0.1) is 17.8 Å². The van der Waals surface area contributed by atoms with Gasteiger partial charge in [-0.15, -0.1) is 0 Å². The summed E-state index contributed by atoms with van der Waals surface area (Å²) in [5.41, 5.74) is -0.403. The maximum atomic E-state index is 12.3. The van der Waals surface area contributed by atoms with Gasteiger partial charge < -0.3 is 4.74 Å². The Labute approximate surface area is 110 Å². The van der Waals surface area contributed by atoms with E-state index in [1.54, 1.807) is 5.01 Å². The van der Waals surface area contributed by atoms with E-state index < -0.39 is 5.60 Å². The molecule has 0 aromatic heterocycles. The monoisotopic (exact) mass is 254 g/mol. The SMILES string of the molecule is CC(C)(C)OC(=O)[C@@H]1CN(N)C[C@H]1C1CCCC1. The molecule has 0 bridgehead atoms. The first kappa shape index (κ1) is 13.8. The maximum absolute atomic E-state index is 12.3. The molecule has 1 heterocycles. The Bertz CT molecular complexity index is 305. The lowest BCUT2D eigenvalue weighted by Gasteiger charge is -2.27. The van der Waals surface area contributed by atoms with Gasteiger partial charge in [0.25, 0.3) is 0 Å². The topological polar surface area (TPSA) is 55.6 Å². The second-order valence-corrected chi connectivity index (χ2v) is 6.80. The summed E-state index contributed by atoms with van der Waals surface area (Å²) < 4.78 is 5.54. The number of ether oxygens (including phenoxy) is 1. The third kappa shape index (κ3) is 3.23. The largest absolute Gasteiger partial charge is 0.460 e. The van der Waals surface area contributed by atoms with Crippen LogP contribution in [0.4, 0.5) is 0 Å². The average Bonchev–Trinajstić information content (AvgIpc) is 2.82. The molecule has 2 N–H and O–H groups in total. The van der Waals surface area contributed by atoms with Gasteiger partial charge in [-0.1, -0.05) is 25.7 Å². The van der Waals surface area contributed by atoms with Gasteiger partial charge in [-0.3, -0.25) is 10.6 Å². The van der Waals surface area contributed by atoms with Gasteiger partial charge in [0, 0.05) is 13.1 Å². The third-order valence-corrected chi connectivity index (χ3v) is 4.11. The number of hydrazine groups is 1. The molecule has 4 heteroatoms. The van der Waals surface area contributed by atoms with E-state index in [1.165, 1.54) is 25.7 Å². The lowest BCUT2D eigenvalue weighted by atomic mass is 9.83. The van der Waals surface area contributed by atoms with Crippen molar-refractivity contribution < 1.29 is 9.53 Å². The number of rotatable bonds is 2. The van der Waals surface area contributed by atoms with Crippen molar-refractivity contribution in [1.29, 1.82) is 0 Å². The fourth-order valence-electron chi connectivity index (χ4n) is 3.35. The molecule has 1 saturated heterocycles. The first-order valence-corrected chi connectivity index (χ1v) is 7.09. The van der Waals surface area contributed by atoms with E-state index in [0.29, 0.717) is 18.4 Å². The molecular weight excluding hydrogens is 228 g/mol. The van der Waals surface area contributed by atoms with Crippen molar-refractivity contribution in [3.63, 3.8) is 0 Å². The van der Waals surface area contributed by atoms with Crippen LogP contribution in [-0.2, 0) is 9.53 Å². The molecule has 2 fully saturated rings. The first-order chi connectivity index (χ1) is 8.37. The molecule has 1 saturated carbocycles. The molecule has 0 aromatic rings. The molecular formula is C14H26N2O2. The van der Waals surface area contributed by atoms with E-state index in [2.05, 4.69) is 0 Å². The molecule has 0 aromatic carbocycles. The lowest BCUT2D eigenvalue weighted by Crippen LogP contribution is -2.34. The maximum Gasteiger partial charge on any atom is 0.311 e. The summed E-state index contributed by atoms with van der Waals surface area (Å²) in [6.45, 7) is 7.25. The number of carbonyl (C=O) groups is 1. The average molecular weight is 254 g/mol. The summed E-state index contributed by atoms with van der Waals surface area (Å²) in [5.74, 6) is 6.88. The summed E-state index contributed by atoms with van der Waals surface area (Å²) in [5, 5.41) is 1.79. The second-order valence-electron chi connectivity index (χ2n) is 6.80. The zero-order chi connectivity index (χ0) is 13.3. The van der Waals surface area contributed by atoms with Gasteiger partial charge >= 0.3 is 5.97 Å². The van der Waals surface area contributed by atoms with Crippen molar-refractivity contribution in [3.8, 4) is 0 Å². The molecule has 4 nitrogen and oxygen atoms in total. The number of hydrogen-bond acceptors (Lipinski definition) is 4. The van der Waals surface area contributed by atoms with Crippen LogP contribution in [0.5, 0.6) is 0 Å². The Morgan fingerprint density at radius 2 is 1.83 bits per heavy atom. The molecule has 2 aliphatic rings. The van der Waals surface area contributed by atoms with E-state index in [-0.39, 0.29) is 11.9 Å². The highest BCUT2D eigenvalue weighted by atomic mass is 16.6. The highest BCUT2D eigenvalue weighted by Crippen LogP contribution is 2.39. The number of carbonyl (C=O) groups excluding carboxylic acids is 1. The van der Waals surface area contributed by atoms with Gasteiger partial charge in [0.15, 0.2) is 0 Å². The van der Waals surface area contributed by atoms with Crippen molar-refractivity contribution in [2.45, 2.75) is 52.1 Å². The summed E-state index contributed by atoms with van der Waals surface area (Å²) in [7, 11) is 0. The van der Waals surface area contributed by atoms with Crippen molar-refractivity contribution in [1.82, 2.24) is 5.01 Å². The van der Waals surface area contributed by atoms with Crippen LogP contribution in [0.2, 0.25) is 0 Å².